The van der Waals surface area contributed by atoms with E-state index in [2.05, 4.69) is 20.8 Å². The van der Waals surface area contributed by atoms with Crippen molar-refractivity contribution in [2.75, 3.05) is 27.2 Å². The van der Waals surface area contributed by atoms with Gasteiger partial charge in [-0.15, -0.1) is 0 Å². The molecule has 0 fully saturated rings. The normalized spacial score (nSPS) is 12.9. The summed E-state index contributed by atoms with van der Waals surface area (Å²) in [4.78, 5) is 2.07. The molecule has 0 radical (unpaired) electrons. The van der Waals surface area contributed by atoms with Gasteiger partial charge in [-0.3, -0.25) is 0 Å². The van der Waals surface area contributed by atoms with Crippen LogP contribution in [0.1, 0.15) is 0 Å². The lowest BCUT2D eigenvalue weighted by molar-refractivity contribution is 0.189. The highest BCUT2D eigenvalue weighted by molar-refractivity contribution is 9.10. The number of nitrogens with zero attached hydrogens (tertiary/aromatic N) is 1. The number of para-hydroxylation sites is 1. The van der Waals surface area contributed by atoms with E-state index in [0.717, 1.165) is 10.2 Å². The van der Waals surface area contributed by atoms with Gasteiger partial charge in [0.15, 0.2) is 0 Å². The molecule has 0 aromatic heterocycles. The van der Waals surface area contributed by atoms with Crippen LogP contribution in [-0.2, 0) is 0 Å². The topological polar surface area (TPSA) is 38.5 Å². The predicted molar refractivity (Wildman–Crippen MR) is 66.2 cm³/mol. The molecule has 1 atom stereocenters. The highest BCUT2D eigenvalue weighted by atomic mass is 79.9. The standard InChI is InChI=1S/C11H17BrN2O/c1-14(2)9(7-13)8-15-11-6-4-3-5-10(11)12/h3-6,9H,7-8,13H2,1-2H3. The van der Waals surface area contributed by atoms with Crippen LogP contribution >= 0.6 is 15.9 Å². The minimum atomic E-state index is 0.247. The van der Waals surface area contributed by atoms with Crippen LogP contribution in [0.2, 0.25) is 0 Å². The van der Waals surface area contributed by atoms with E-state index in [0.29, 0.717) is 13.2 Å². The van der Waals surface area contributed by atoms with Crippen molar-refractivity contribution in [1.29, 1.82) is 0 Å². The van der Waals surface area contributed by atoms with Crippen LogP contribution in [0.3, 0.4) is 0 Å². The molecule has 1 aromatic carbocycles. The second kappa shape index (κ2) is 6.10. The van der Waals surface area contributed by atoms with E-state index in [1.165, 1.54) is 0 Å². The lowest BCUT2D eigenvalue weighted by atomic mass is 10.3. The molecule has 1 rings (SSSR count). The van der Waals surface area contributed by atoms with Crippen molar-refractivity contribution in [3.8, 4) is 5.75 Å². The Kier molecular flexibility index (Phi) is 5.08. The summed E-state index contributed by atoms with van der Waals surface area (Å²) in [5.41, 5.74) is 5.64. The Morgan fingerprint density at radius 2 is 2.07 bits per heavy atom. The number of halogens is 1. The number of benzene rings is 1. The molecule has 0 bridgehead atoms. The van der Waals surface area contributed by atoms with E-state index in [-0.39, 0.29) is 6.04 Å². The Morgan fingerprint density at radius 3 is 2.60 bits per heavy atom. The van der Waals surface area contributed by atoms with Gasteiger partial charge >= 0.3 is 0 Å². The summed E-state index contributed by atoms with van der Waals surface area (Å²) in [6.45, 7) is 1.20. The largest absolute Gasteiger partial charge is 0.491 e. The molecule has 0 saturated heterocycles. The van der Waals surface area contributed by atoms with Crippen molar-refractivity contribution >= 4 is 15.9 Å². The molecule has 84 valence electrons. The summed E-state index contributed by atoms with van der Waals surface area (Å²) in [6, 6.07) is 8.06. The number of rotatable bonds is 5. The predicted octanol–water partition coefficient (Wildman–Crippen LogP) is 1.72. The minimum absolute atomic E-state index is 0.247. The first-order valence-electron chi connectivity index (χ1n) is 4.89. The van der Waals surface area contributed by atoms with Crippen LogP contribution < -0.4 is 10.5 Å². The van der Waals surface area contributed by atoms with Gasteiger partial charge in [0.05, 0.1) is 10.5 Å². The van der Waals surface area contributed by atoms with E-state index in [9.17, 15) is 0 Å². The number of likely N-dealkylation sites (N-methyl/N-ethyl adjacent to an activating group) is 1. The fourth-order valence-corrected chi connectivity index (χ4v) is 1.57. The van der Waals surface area contributed by atoms with E-state index < -0.39 is 0 Å². The molecule has 3 nitrogen and oxygen atoms in total. The maximum absolute atomic E-state index is 5.68. The average molecular weight is 273 g/mol. The fraction of sp³-hybridized carbons (Fsp3) is 0.455. The Hall–Kier alpha value is -0.580. The number of hydrogen-bond acceptors (Lipinski definition) is 3. The molecular weight excluding hydrogens is 256 g/mol. The van der Waals surface area contributed by atoms with Gasteiger partial charge in [0, 0.05) is 6.54 Å². The number of ether oxygens (including phenoxy) is 1. The van der Waals surface area contributed by atoms with E-state index in [1.54, 1.807) is 0 Å². The van der Waals surface area contributed by atoms with Crippen LogP contribution in [-0.4, -0.2) is 38.2 Å². The van der Waals surface area contributed by atoms with Crippen LogP contribution in [0.5, 0.6) is 5.75 Å². The van der Waals surface area contributed by atoms with Crippen molar-refractivity contribution in [3.63, 3.8) is 0 Å². The monoisotopic (exact) mass is 272 g/mol. The molecule has 0 aliphatic rings. The maximum Gasteiger partial charge on any atom is 0.133 e. The van der Waals surface area contributed by atoms with Crippen LogP contribution in [0, 0.1) is 0 Å². The zero-order chi connectivity index (χ0) is 11.3. The van der Waals surface area contributed by atoms with Crippen molar-refractivity contribution in [2.24, 2.45) is 5.73 Å². The number of hydrogen-bond donors (Lipinski definition) is 1. The minimum Gasteiger partial charge on any atom is -0.491 e. The second-order valence-electron chi connectivity index (χ2n) is 3.59. The summed E-state index contributed by atoms with van der Waals surface area (Å²) >= 11 is 3.44. The SMILES string of the molecule is CN(C)C(CN)COc1ccccc1Br. The molecule has 0 amide bonds. The third-order valence-electron chi connectivity index (χ3n) is 2.27. The van der Waals surface area contributed by atoms with Gasteiger partial charge in [-0.25, -0.2) is 0 Å². The highest BCUT2D eigenvalue weighted by Gasteiger charge is 2.10. The summed E-state index contributed by atoms with van der Waals surface area (Å²) < 4.78 is 6.65. The second-order valence-corrected chi connectivity index (χ2v) is 4.45. The summed E-state index contributed by atoms with van der Waals surface area (Å²) in [5.74, 6) is 0.859. The van der Waals surface area contributed by atoms with Crippen molar-refractivity contribution in [3.05, 3.63) is 28.7 Å². The van der Waals surface area contributed by atoms with Crippen LogP contribution in [0.25, 0.3) is 0 Å². The first-order valence-corrected chi connectivity index (χ1v) is 5.68. The summed E-state index contributed by atoms with van der Waals surface area (Å²) in [7, 11) is 4.00. The Labute approximate surface area is 99.3 Å². The molecule has 0 saturated carbocycles. The van der Waals surface area contributed by atoms with Gasteiger partial charge < -0.3 is 15.4 Å². The number of nitrogens with two attached hydrogens (primary N) is 1. The quantitative estimate of drug-likeness (QED) is 0.887. The summed E-state index contributed by atoms with van der Waals surface area (Å²) in [6.07, 6.45) is 0. The van der Waals surface area contributed by atoms with Crippen molar-refractivity contribution in [1.82, 2.24) is 4.90 Å². The molecule has 1 aromatic rings. The van der Waals surface area contributed by atoms with Gasteiger partial charge in [-0.2, -0.15) is 0 Å². The Bertz CT molecular complexity index is 304. The zero-order valence-electron chi connectivity index (χ0n) is 9.11. The molecular formula is C11H17BrN2O. The van der Waals surface area contributed by atoms with Crippen LogP contribution in [0.15, 0.2) is 28.7 Å². The van der Waals surface area contributed by atoms with Gasteiger partial charge in [-0.1, -0.05) is 12.1 Å². The van der Waals surface area contributed by atoms with E-state index in [4.69, 9.17) is 10.5 Å². The lowest BCUT2D eigenvalue weighted by Gasteiger charge is -2.22. The van der Waals surface area contributed by atoms with Crippen molar-refractivity contribution < 1.29 is 4.74 Å². The molecule has 0 spiro atoms. The Balaban J connectivity index is 2.53. The molecule has 1 unspecified atom stereocenters. The first kappa shape index (κ1) is 12.5. The summed E-state index contributed by atoms with van der Waals surface area (Å²) in [5, 5.41) is 0. The average Bonchev–Trinajstić information content (AvgIpc) is 2.21. The molecule has 0 aliphatic carbocycles. The van der Waals surface area contributed by atoms with Gasteiger partial charge in [-0.05, 0) is 42.2 Å². The third-order valence-corrected chi connectivity index (χ3v) is 2.93. The molecule has 2 N–H and O–H groups in total. The van der Waals surface area contributed by atoms with Crippen molar-refractivity contribution in [2.45, 2.75) is 6.04 Å². The molecule has 0 heterocycles. The fourth-order valence-electron chi connectivity index (χ4n) is 1.18. The molecule has 0 aliphatic heterocycles. The van der Waals surface area contributed by atoms with Crippen LogP contribution in [0.4, 0.5) is 0 Å². The molecule has 15 heavy (non-hydrogen) atoms. The third kappa shape index (κ3) is 3.81. The maximum atomic E-state index is 5.68. The van der Waals surface area contributed by atoms with E-state index in [1.807, 2.05) is 38.4 Å². The van der Waals surface area contributed by atoms with Gasteiger partial charge in [0.1, 0.15) is 12.4 Å². The van der Waals surface area contributed by atoms with Gasteiger partial charge in [0.25, 0.3) is 0 Å². The first-order chi connectivity index (χ1) is 7.15. The highest BCUT2D eigenvalue weighted by Crippen LogP contribution is 2.23. The Morgan fingerprint density at radius 1 is 1.40 bits per heavy atom. The zero-order valence-corrected chi connectivity index (χ0v) is 10.7. The molecule has 4 heteroatoms. The smallest absolute Gasteiger partial charge is 0.133 e. The van der Waals surface area contributed by atoms with E-state index >= 15 is 0 Å². The lowest BCUT2D eigenvalue weighted by Crippen LogP contribution is -2.39. The van der Waals surface area contributed by atoms with Gasteiger partial charge in [0.2, 0.25) is 0 Å².